The molecule has 1 aliphatic carbocycles. The maximum absolute atomic E-state index is 12.3. The van der Waals surface area contributed by atoms with Crippen molar-refractivity contribution in [3.05, 3.63) is 24.3 Å². The number of fused-ring (bicyclic) bond motifs is 1. The van der Waals surface area contributed by atoms with E-state index in [0.717, 1.165) is 11.0 Å². The lowest BCUT2D eigenvalue weighted by Crippen LogP contribution is -2.32. The molecule has 1 heterocycles. The van der Waals surface area contributed by atoms with Gasteiger partial charge in [0.1, 0.15) is 5.52 Å². The lowest BCUT2D eigenvalue weighted by Gasteiger charge is -2.14. The standard InChI is InChI=1S/C16H19N3O4/c1-3-22-14(20)16(15(21)23-4-2)9-11(16)10-19-13-8-6-5-7-12(13)17-18-19/h5-8,11H,3-4,9-10H2,1-2H3/t11-/m0/s1. The molecule has 0 bridgehead atoms. The van der Waals surface area contributed by atoms with Gasteiger partial charge in [-0.1, -0.05) is 17.3 Å². The molecular formula is C16H19N3O4. The molecule has 2 aromatic rings. The van der Waals surface area contributed by atoms with E-state index in [1.165, 1.54) is 0 Å². The number of carbonyl (C=O) groups is 2. The van der Waals surface area contributed by atoms with E-state index in [9.17, 15) is 9.59 Å². The van der Waals surface area contributed by atoms with E-state index in [1.54, 1.807) is 18.5 Å². The molecular weight excluding hydrogens is 298 g/mol. The monoisotopic (exact) mass is 317 g/mol. The van der Waals surface area contributed by atoms with Crippen LogP contribution in [0.5, 0.6) is 0 Å². The van der Waals surface area contributed by atoms with Crippen molar-refractivity contribution in [1.29, 1.82) is 0 Å². The van der Waals surface area contributed by atoms with Gasteiger partial charge in [-0.3, -0.25) is 9.59 Å². The Morgan fingerprint density at radius 2 is 1.87 bits per heavy atom. The van der Waals surface area contributed by atoms with E-state index in [2.05, 4.69) is 10.3 Å². The van der Waals surface area contributed by atoms with Crippen molar-refractivity contribution in [3.8, 4) is 0 Å². The molecule has 3 rings (SSSR count). The summed E-state index contributed by atoms with van der Waals surface area (Å²) in [5, 5.41) is 8.20. The lowest BCUT2D eigenvalue weighted by atomic mass is 10.0. The van der Waals surface area contributed by atoms with Crippen molar-refractivity contribution in [3.63, 3.8) is 0 Å². The average Bonchev–Trinajstić information content (AvgIpc) is 3.14. The van der Waals surface area contributed by atoms with Crippen LogP contribution in [0.2, 0.25) is 0 Å². The molecule has 0 unspecified atom stereocenters. The second kappa shape index (κ2) is 5.98. The van der Waals surface area contributed by atoms with Crippen LogP contribution in [0.15, 0.2) is 24.3 Å². The predicted octanol–water partition coefficient (Wildman–Crippen LogP) is 1.56. The SMILES string of the molecule is CCOC(=O)C1(C(=O)OCC)C[C@H]1Cn1nnc2ccccc21. The number of para-hydroxylation sites is 1. The summed E-state index contributed by atoms with van der Waals surface area (Å²) in [5.41, 5.74) is 0.464. The lowest BCUT2D eigenvalue weighted by molar-refractivity contribution is -0.165. The van der Waals surface area contributed by atoms with Crippen LogP contribution < -0.4 is 0 Å². The Morgan fingerprint density at radius 3 is 2.52 bits per heavy atom. The fraction of sp³-hybridized carbons (Fsp3) is 0.500. The highest BCUT2D eigenvalue weighted by atomic mass is 16.6. The molecule has 1 aliphatic rings. The maximum atomic E-state index is 12.3. The number of benzene rings is 1. The fourth-order valence-electron chi connectivity index (χ4n) is 2.91. The van der Waals surface area contributed by atoms with Crippen LogP contribution >= 0.6 is 0 Å². The summed E-state index contributed by atoms with van der Waals surface area (Å²) in [6.07, 6.45) is 0.416. The number of hydrogen-bond acceptors (Lipinski definition) is 6. The Kier molecular flexibility index (Phi) is 4.02. The van der Waals surface area contributed by atoms with Gasteiger partial charge in [-0.25, -0.2) is 4.68 Å². The van der Waals surface area contributed by atoms with Gasteiger partial charge in [0.2, 0.25) is 0 Å². The first kappa shape index (κ1) is 15.5. The molecule has 1 atom stereocenters. The highest BCUT2D eigenvalue weighted by molar-refractivity contribution is 6.03. The van der Waals surface area contributed by atoms with Crippen LogP contribution in [0.1, 0.15) is 20.3 Å². The Bertz CT molecular complexity index is 722. The van der Waals surface area contributed by atoms with Crippen LogP contribution in [0.4, 0.5) is 0 Å². The molecule has 0 amide bonds. The summed E-state index contributed by atoms with van der Waals surface area (Å²) < 4.78 is 11.9. The second-order valence-corrected chi connectivity index (χ2v) is 5.57. The summed E-state index contributed by atoms with van der Waals surface area (Å²) in [6, 6.07) is 7.57. The van der Waals surface area contributed by atoms with Crippen molar-refractivity contribution in [2.75, 3.05) is 13.2 Å². The summed E-state index contributed by atoms with van der Waals surface area (Å²) in [4.78, 5) is 24.6. The van der Waals surface area contributed by atoms with E-state index in [1.807, 2.05) is 24.3 Å². The molecule has 0 N–H and O–H groups in total. The quantitative estimate of drug-likeness (QED) is 0.594. The molecule has 1 aromatic carbocycles. The van der Waals surface area contributed by atoms with E-state index in [0.29, 0.717) is 13.0 Å². The highest BCUT2D eigenvalue weighted by Gasteiger charge is 2.68. The minimum atomic E-state index is -1.20. The van der Waals surface area contributed by atoms with Crippen LogP contribution in [0.3, 0.4) is 0 Å². The van der Waals surface area contributed by atoms with Gasteiger partial charge in [0.25, 0.3) is 0 Å². The van der Waals surface area contributed by atoms with Crippen molar-refractivity contribution in [1.82, 2.24) is 15.0 Å². The van der Waals surface area contributed by atoms with Crippen LogP contribution in [0, 0.1) is 11.3 Å². The van der Waals surface area contributed by atoms with E-state index >= 15 is 0 Å². The second-order valence-electron chi connectivity index (χ2n) is 5.57. The zero-order valence-corrected chi connectivity index (χ0v) is 13.2. The first-order chi connectivity index (χ1) is 11.1. The number of nitrogens with zero attached hydrogens (tertiary/aromatic N) is 3. The van der Waals surface area contributed by atoms with Gasteiger partial charge >= 0.3 is 11.9 Å². The third-order valence-electron chi connectivity index (χ3n) is 4.20. The normalized spacial score (nSPS) is 18.6. The van der Waals surface area contributed by atoms with Crippen LogP contribution in [-0.4, -0.2) is 40.1 Å². The predicted molar refractivity (Wildman–Crippen MR) is 81.3 cm³/mol. The first-order valence-electron chi connectivity index (χ1n) is 7.76. The first-order valence-corrected chi connectivity index (χ1v) is 7.76. The third kappa shape index (κ3) is 2.56. The van der Waals surface area contributed by atoms with Gasteiger partial charge in [-0.15, -0.1) is 5.10 Å². The highest BCUT2D eigenvalue weighted by Crippen LogP contribution is 2.55. The summed E-state index contributed by atoms with van der Waals surface area (Å²) >= 11 is 0. The van der Waals surface area contributed by atoms with E-state index < -0.39 is 17.4 Å². The van der Waals surface area contributed by atoms with Gasteiger partial charge in [-0.05, 0) is 32.4 Å². The summed E-state index contributed by atoms with van der Waals surface area (Å²) in [6.45, 7) is 4.34. The van der Waals surface area contributed by atoms with Gasteiger partial charge in [0.15, 0.2) is 5.41 Å². The molecule has 0 aliphatic heterocycles. The number of carbonyl (C=O) groups excluding carboxylic acids is 2. The number of esters is 2. The molecule has 0 spiro atoms. The summed E-state index contributed by atoms with van der Waals surface area (Å²) in [5.74, 6) is -1.20. The largest absolute Gasteiger partial charge is 0.465 e. The molecule has 7 heteroatoms. The molecule has 0 saturated heterocycles. The number of rotatable bonds is 6. The van der Waals surface area contributed by atoms with Crippen molar-refractivity contribution in [2.45, 2.75) is 26.8 Å². The Hall–Kier alpha value is -2.44. The zero-order valence-electron chi connectivity index (χ0n) is 13.2. The smallest absolute Gasteiger partial charge is 0.323 e. The molecule has 23 heavy (non-hydrogen) atoms. The van der Waals surface area contributed by atoms with Crippen molar-refractivity contribution >= 4 is 23.0 Å². The van der Waals surface area contributed by atoms with Gasteiger partial charge in [0, 0.05) is 12.5 Å². The van der Waals surface area contributed by atoms with Gasteiger partial charge < -0.3 is 9.47 Å². The van der Waals surface area contributed by atoms with Gasteiger partial charge in [-0.2, -0.15) is 0 Å². The molecule has 1 fully saturated rings. The molecule has 122 valence electrons. The average molecular weight is 317 g/mol. The summed E-state index contributed by atoms with van der Waals surface area (Å²) in [7, 11) is 0. The van der Waals surface area contributed by atoms with Crippen LogP contribution in [-0.2, 0) is 25.6 Å². The maximum Gasteiger partial charge on any atom is 0.323 e. The fourth-order valence-corrected chi connectivity index (χ4v) is 2.91. The van der Waals surface area contributed by atoms with E-state index in [4.69, 9.17) is 9.47 Å². The van der Waals surface area contributed by atoms with Crippen molar-refractivity contribution in [2.24, 2.45) is 11.3 Å². The van der Waals surface area contributed by atoms with Crippen molar-refractivity contribution < 1.29 is 19.1 Å². The minimum Gasteiger partial charge on any atom is -0.465 e. The van der Waals surface area contributed by atoms with Crippen LogP contribution in [0.25, 0.3) is 11.0 Å². The third-order valence-corrected chi connectivity index (χ3v) is 4.20. The Labute approximate surface area is 133 Å². The number of aromatic nitrogens is 3. The Morgan fingerprint density at radius 1 is 1.22 bits per heavy atom. The topological polar surface area (TPSA) is 83.3 Å². The Balaban J connectivity index is 1.83. The zero-order chi connectivity index (χ0) is 16.4. The molecule has 7 nitrogen and oxygen atoms in total. The van der Waals surface area contributed by atoms with E-state index in [-0.39, 0.29) is 19.1 Å². The van der Waals surface area contributed by atoms with Gasteiger partial charge in [0.05, 0.1) is 18.7 Å². The molecule has 1 aromatic heterocycles. The molecule has 1 saturated carbocycles. The number of hydrogen-bond donors (Lipinski definition) is 0. The minimum absolute atomic E-state index is 0.189. The number of ether oxygens (including phenoxy) is 2. The molecule has 0 radical (unpaired) electrons.